The largest absolute Gasteiger partial charge is 0.477 e. The lowest BCUT2D eigenvalue weighted by atomic mass is 10.2. The van der Waals surface area contributed by atoms with Crippen molar-refractivity contribution in [2.24, 2.45) is 0 Å². The number of carbonyl (C=O) groups is 1. The van der Waals surface area contributed by atoms with Crippen LogP contribution in [-0.2, 0) is 0 Å². The molecule has 0 atom stereocenters. The molecular weight excluding hydrogens is 342 g/mol. The van der Waals surface area contributed by atoms with E-state index in [4.69, 9.17) is 5.11 Å². The standard InChI is InChI=1S/C13H8BrN3O2S/c14-8-4-7-2-1-3-9(11(7)15-5-8)17-13-16-6-10(20-13)12(18)19/h1-6H,(H,16,17)(H,18,19). The quantitative estimate of drug-likeness (QED) is 0.749. The number of thiazole rings is 1. The number of nitrogens with one attached hydrogen (secondary N) is 1. The summed E-state index contributed by atoms with van der Waals surface area (Å²) in [5.41, 5.74) is 1.60. The summed E-state index contributed by atoms with van der Waals surface area (Å²) in [6.45, 7) is 0. The van der Waals surface area contributed by atoms with Crippen LogP contribution in [0.3, 0.4) is 0 Å². The number of aromatic nitrogens is 2. The van der Waals surface area contributed by atoms with E-state index < -0.39 is 5.97 Å². The van der Waals surface area contributed by atoms with Gasteiger partial charge in [-0.05, 0) is 28.1 Å². The molecule has 3 rings (SSSR count). The van der Waals surface area contributed by atoms with Gasteiger partial charge in [0.05, 0.1) is 17.4 Å². The average molecular weight is 350 g/mol. The zero-order chi connectivity index (χ0) is 14.1. The Bertz CT molecular complexity index is 803. The first-order valence-electron chi connectivity index (χ1n) is 5.64. The van der Waals surface area contributed by atoms with Crippen molar-refractivity contribution >= 4 is 55.0 Å². The van der Waals surface area contributed by atoms with Crippen LogP contribution in [0.1, 0.15) is 9.67 Å². The number of hydrogen-bond acceptors (Lipinski definition) is 5. The Morgan fingerprint density at radius 2 is 2.15 bits per heavy atom. The van der Waals surface area contributed by atoms with E-state index in [-0.39, 0.29) is 4.88 Å². The van der Waals surface area contributed by atoms with Gasteiger partial charge >= 0.3 is 5.97 Å². The van der Waals surface area contributed by atoms with Gasteiger partial charge in [0.25, 0.3) is 0 Å². The number of pyridine rings is 1. The molecule has 2 aromatic heterocycles. The Balaban J connectivity index is 1.99. The lowest BCUT2D eigenvalue weighted by molar-refractivity contribution is 0.0702. The summed E-state index contributed by atoms with van der Waals surface area (Å²) in [7, 11) is 0. The van der Waals surface area contributed by atoms with Gasteiger partial charge in [-0.25, -0.2) is 9.78 Å². The van der Waals surface area contributed by atoms with E-state index in [0.717, 1.165) is 32.4 Å². The van der Waals surface area contributed by atoms with Gasteiger partial charge in [0.15, 0.2) is 5.13 Å². The molecule has 20 heavy (non-hydrogen) atoms. The van der Waals surface area contributed by atoms with E-state index in [2.05, 4.69) is 31.2 Å². The summed E-state index contributed by atoms with van der Waals surface area (Å²) in [5, 5.41) is 13.5. The summed E-state index contributed by atoms with van der Waals surface area (Å²) < 4.78 is 0.907. The van der Waals surface area contributed by atoms with E-state index >= 15 is 0 Å². The Hall–Kier alpha value is -1.99. The van der Waals surface area contributed by atoms with Crippen molar-refractivity contribution in [1.29, 1.82) is 0 Å². The Labute approximate surface area is 126 Å². The third-order valence-corrected chi connectivity index (χ3v) is 3.97. The summed E-state index contributed by atoms with van der Waals surface area (Å²) in [6, 6.07) is 7.72. The van der Waals surface area contributed by atoms with E-state index in [1.165, 1.54) is 6.20 Å². The number of carboxylic acids is 1. The van der Waals surface area contributed by atoms with Crippen molar-refractivity contribution in [1.82, 2.24) is 9.97 Å². The molecular formula is C13H8BrN3O2S. The van der Waals surface area contributed by atoms with Gasteiger partial charge in [-0.3, -0.25) is 4.98 Å². The molecule has 0 radical (unpaired) electrons. The number of rotatable bonds is 3. The number of anilines is 2. The third kappa shape index (κ3) is 2.50. The fourth-order valence-electron chi connectivity index (χ4n) is 1.78. The van der Waals surface area contributed by atoms with Gasteiger partial charge in [-0.2, -0.15) is 0 Å². The molecule has 0 amide bonds. The molecule has 5 nitrogen and oxygen atoms in total. The molecule has 0 unspecified atom stereocenters. The molecule has 7 heteroatoms. The minimum Gasteiger partial charge on any atom is -0.477 e. The van der Waals surface area contributed by atoms with Crippen molar-refractivity contribution in [3.05, 3.63) is 46.0 Å². The lowest BCUT2D eigenvalue weighted by Gasteiger charge is -2.06. The van der Waals surface area contributed by atoms with Crippen LogP contribution in [-0.4, -0.2) is 21.0 Å². The molecule has 0 aliphatic heterocycles. The average Bonchev–Trinajstić information content (AvgIpc) is 2.87. The predicted octanol–water partition coefficient (Wildman–Crippen LogP) is 3.90. The Morgan fingerprint density at radius 1 is 1.30 bits per heavy atom. The monoisotopic (exact) mass is 349 g/mol. The molecule has 1 aromatic carbocycles. The highest BCUT2D eigenvalue weighted by Gasteiger charge is 2.10. The maximum Gasteiger partial charge on any atom is 0.347 e. The molecule has 0 saturated heterocycles. The van der Waals surface area contributed by atoms with Gasteiger partial charge in [-0.15, -0.1) is 0 Å². The Kier molecular flexibility index (Phi) is 3.37. The van der Waals surface area contributed by atoms with Gasteiger partial charge < -0.3 is 10.4 Å². The first-order valence-corrected chi connectivity index (χ1v) is 7.25. The fourth-order valence-corrected chi connectivity index (χ4v) is 2.80. The number of para-hydroxylation sites is 1. The number of halogens is 1. The minimum atomic E-state index is -0.976. The SMILES string of the molecule is O=C(O)c1cnc(Nc2cccc3cc(Br)cnc23)s1. The van der Waals surface area contributed by atoms with Crippen LogP contribution in [0.2, 0.25) is 0 Å². The zero-order valence-electron chi connectivity index (χ0n) is 10.0. The Morgan fingerprint density at radius 3 is 2.90 bits per heavy atom. The van der Waals surface area contributed by atoms with Gasteiger partial charge in [0.2, 0.25) is 0 Å². The summed E-state index contributed by atoms with van der Waals surface area (Å²) in [6.07, 6.45) is 3.06. The van der Waals surface area contributed by atoms with Crippen molar-refractivity contribution < 1.29 is 9.90 Å². The van der Waals surface area contributed by atoms with Gasteiger partial charge in [-0.1, -0.05) is 23.5 Å². The van der Waals surface area contributed by atoms with Crippen LogP contribution in [0, 0.1) is 0 Å². The summed E-state index contributed by atoms with van der Waals surface area (Å²) in [5.74, 6) is -0.976. The molecule has 0 aliphatic rings. The van der Waals surface area contributed by atoms with Crippen LogP contribution < -0.4 is 5.32 Å². The topological polar surface area (TPSA) is 75.1 Å². The van der Waals surface area contributed by atoms with Crippen LogP contribution in [0.5, 0.6) is 0 Å². The smallest absolute Gasteiger partial charge is 0.347 e. The van der Waals surface area contributed by atoms with Crippen molar-refractivity contribution in [2.45, 2.75) is 0 Å². The fraction of sp³-hybridized carbons (Fsp3) is 0. The maximum atomic E-state index is 10.8. The molecule has 0 spiro atoms. The maximum absolute atomic E-state index is 10.8. The number of benzene rings is 1. The highest BCUT2D eigenvalue weighted by molar-refractivity contribution is 9.10. The molecule has 2 N–H and O–H groups in total. The molecule has 2 heterocycles. The van der Waals surface area contributed by atoms with Crippen molar-refractivity contribution in [3.8, 4) is 0 Å². The normalized spacial score (nSPS) is 10.7. The second kappa shape index (κ2) is 5.18. The van der Waals surface area contributed by atoms with Crippen LogP contribution in [0.15, 0.2) is 41.1 Å². The molecule has 0 aliphatic carbocycles. The first kappa shape index (κ1) is 13.0. The molecule has 3 aromatic rings. The van der Waals surface area contributed by atoms with Gasteiger partial charge in [0, 0.05) is 16.1 Å². The lowest BCUT2D eigenvalue weighted by Crippen LogP contribution is -1.92. The number of aromatic carboxylic acids is 1. The van der Waals surface area contributed by atoms with E-state index in [1.807, 2.05) is 24.3 Å². The van der Waals surface area contributed by atoms with Crippen LogP contribution in [0.25, 0.3) is 10.9 Å². The van der Waals surface area contributed by atoms with Crippen LogP contribution >= 0.6 is 27.3 Å². The number of fused-ring (bicyclic) bond motifs is 1. The van der Waals surface area contributed by atoms with Gasteiger partial charge in [0.1, 0.15) is 4.88 Å². The van der Waals surface area contributed by atoms with E-state index in [1.54, 1.807) is 6.20 Å². The second-order valence-corrected chi connectivity index (χ2v) is 5.94. The molecule has 0 saturated carbocycles. The highest BCUT2D eigenvalue weighted by Crippen LogP contribution is 2.28. The van der Waals surface area contributed by atoms with Crippen LogP contribution in [0.4, 0.5) is 10.8 Å². The number of hydrogen-bond donors (Lipinski definition) is 2. The number of carboxylic acid groups (broad SMARTS) is 1. The highest BCUT2D eigenvalue weighted by atomic mass is 79.9. The third-order valence-electron chi connectivity index (χ3n) is 2.64. The first-order chi connectivity index (χ1) is 9.63. The molecule has 0 fully saturated rings. The minimum absolute atomic E-state index is 0.198. The van der Waals surface area contributed by atoms with E-state index in [9.17, 15) is 4.79 Å². The van der Waals surface area contributed by atoms with Crippen molar-refractivity contribution in [3.63, 3.8) is 0 Å². The summed E-state index contributed by atoms with van der Waals surface area (Å²) >= 11 is 4.47. The second-order valence-electron chi connectivity index (χ2n) is 3.99. The van der Waals surface area contributed by atoms with E-state index in [0.29, 0.717) is 5.13 Å². The van der Waals surface area contributed by atoms with Crippen molar-refractivity contribution in [2.75, 3.05) is 5.32 Å². The molecule has 100 valence electrons. The summed E-state index contributed by atoms with van der Waals surface area (Å²) in [4.78, 5) is 19.5. The predicted molar refractivity (Wildman–Crippen MR) is 81.8 cm³/mol. The number of nitrogens with zero attached hydrogens (tertiary/aromatic N) is 2. The molecule has 0 bridgehead atoms. The zero-order valence-corrected chi connectivity index (χ0v) is 12.4.